The third-order valence-electron chi connectivity index (χ3n) is 1.95. The maximum atomic E-state index is 9.55. The SMILES string of the molecule is Nc1ccc(C(O)C(O)CS)cc1O. The number of aliphatic hydroxyl groups is 2. The van der Waals surface area contributed by atoms with Gasteiger partial charge in [-0.2, -0.15) is 12.6 Å². The van der Waals surface area contributed by atoms with Crippen LogP contribution in [-0.2, 0) is 0 Å². The van der Waals surface area contributed by atoms with Crippen LogP contribution < -0.4 is 5.73 Å². The van der Waals surface area contributed by atoms with Crippen LogP contribution in [0.2, 0.25) is 0 Å². The Balaban J connectivity index is 2.91. The number of nitrogens with two attached hydrogens (primary N) is 1. The molecule has 0 bridgehead atoms. The Kier molecular flexibility index (Phi) is 3.62. The number of anilines is 1. The van der Waals surface area contributed by atoms with Crippen LogP contribution in [0.3, 0.4) is 0 Å². The summed E-state index contributed by atoms with van der Waals surface area (Å²) in [4.78, 5) is 0. The zero-order valence-corrected chi connectivity index (χ0v) is 8.35. The van der Waals surface area contributed by atoms with Crippen LogP contribution in [0.15, 0.2) is 18.2 Å². The Morgan fingerprint density at radius 3 is 2.50 bits per heavy atom. The van der Waals surface area contributed by atoms with Crippen molar-refractivity contribution in [2.75, 3.05) is 11.5 Å². The third-order valence-corrected chi connectivity index (χ3v) is 2.32. The Bertz CT molecular complexity index is 319. The first-order chi connectivity index (χ1) is 6.56. The van der Waals surface area contributed by atoms with Crippen molar-refractivity contribution in [2.45, 2.75) is 12.2 Å². The predicted molar refractivity (Wildman–Crippen MR) is 57.3 cm³/mol. The van der Waals surface area contributed by atoms with Crippen LogP contribution in [0.25, 0.3) is 0 Å². The quantitative estimate of drug-likeness (QED) is 0.285. The molecule has 4 nitrogen and oxygen atoms in total. The molecule has 0 aliphatic heterocycles. The average molecular weight is 215 g/mol. The molecule has 2 unspecified atom stereocenters. The smallest absolute Gasteiger partial charge is 0.138 e. The molecule has 0 amide bonds. The Hall–Kier alpha value is -0.910. The van der Waals surface area contributed by atoms with Crippen molar-refractivity contribution >= 4 is 18.3 Å². The molecule has 0 fully saturated rings. The summed E-state index contributed by atoms with van der Waals surface area (Å²) in [5.41, 5.74) is 6.04. The van der Waals surface area contributed by atoms with E-state index in [4.69, 9.17) is 5.73 Å². The molecule has 1 rings (SSSR count). The lowest BCUT2D eigenvalue weighted by molar-refractivity contribution is 0.0336. The molecular weight excluding hydrogens is 202 g/mol. The summed E-state index contributed by atoms with van der Waals surface area (Å²) < 4.78 is 0. The van der Waals surface area contributed by atoms with Gasteiger partial charge in [0, 0.05) is 5.75 Å². The second-order valence-electron chi connectivity index (χ2n) is 3.01. The van der Waals surface area contributed by atoms with E-state index in [1.165, 1.54) is 12.1 Å². The first-order valence-corrected chi connectivity index (χ1v) is 4.75. The van der Waals surface area contributed by atoms with Gasteiger partial charge in [-0.15, -0.1) is 0 Å². The highest BCUT2D eigenvalue weighted by Gasteiger charge is 2.17. The molecule has 0 heterocycles. The van der Waals surface area contributed by atoms with Gasteiger partial charge in [-0.25, -0.2) is 0 Å². The van der Waals surface area contributed by atoms with Crippen LogP contribution >= 0.6 is 12.6 Å². The molecule has 0 spiro atoms. The number of phenolic OH excluding ortho intramolecular Hbond substituents is 1. The molecule has 0 saturated carbocycles. The summed E-state index contributed by atoms with van der Waals surface area (Å²) >= 11 is 3.85. The van der Waals surface area contributed by atoms with Crippen molar-refractivity contribution < 1.29 is 15.3 Å². The highest BCUT2D eigenvalue weighted by atomic mass is 32.1. The fourth-order valence-corrected chi connectivity index (χ4v) is 1.27. The van der Waals surface area contributed by atoms with Crippen molar-refractivity contribution in [2.24, 2.45) is 0 Å². The largest absolute Gasteiger partial charge is 0.506 e. The number of hydrogen-bond acceptors (Lipinski definition) is 5. The van der Waals surface area contributed by atoms with Gasteiger partial charge in [0.1, 0.15) is 11.9 Å². The average Bonchev–Trinajstić information content (AvgIpc) is 2.20. The number of phenols is 1. The first kappa shape index (κ1) is 11.2. The maximum Gasteiger partial charge on any atom is 0.138 e. The second-order valence-corrected chi connectivity index (χ2v) is 3.38. The monoisotopic (exact) mass is 215 g/mol. The normalized spacial score (nSPS) is 15.1. The van der Waals surface area contributed by atoms with Crippen LogP contribution in [-0.4, -0.2) is 27.2 Å². The van der Waals surface area contributed by atoms with Crippen LogP contribution in [0.1, 0.15) is 11.7 Å². The van der Waals surface area contributed by atoms with Crippen molar-refractivity contribution in [3.8, 4) is 5.75 Å². The van der Waals surface area contributed by atoms with Gasteiger partial charge in [0.15, 0.2) is 0 Å². The summed E-state index contributed by atoms with van der Waals surface area (Å²) in [5, 5.41) is 28.1. The van der Waals surface area contributed by atoms with Gasteiger partial charge in [0.05, 0.1) is 11.8 Å². The minimum atomic E-state index is -1.06. The molecule has 0 aliphatic carbocycles. The number of hydrogen-bond donors (Lipinski definition) is 5. The number of rotatable bonds is 3. The Labute approximate surface area is 87.4 Å². The number of thiol groups is 1. The molecular formula is C9H13NO3S. The number of nitrogen functional groups attached to an aromatic ring is 1. The number of aliphatic hydroxyl groups excluding tert-OH is 2. The lowest BCUT2D eigenvalue weighted by Crippen LogP contribution is -2.19. The van der Waals surface area contributed by atoms with Crippen LogP contribution in [0, 0.1) is 0 Å². The summed E-state index contributed by atoms with van der Waals surface area (Å²) in [6, 6.07) is 4.35. The molecule has 2 atom stereocenters. The van der Waals surface area contributed by atoms with Gasteiger partial charge in [-0.1, -0.05) is 6.07 Å². The van der Waals surface area contributed by atoms with E-state index in [0.717, 1.165) is 0 Å². The van der Waals surface area contributed by atoms with Gasteiger partial charge in [0.25, 0.3) is 0 Å². The highest BCUT2D eigenvalue weighted by molar-refractivity contribution is 7.80. The summed E-state index contributed by atoms with van der Waals surface area (Å²) in [5.74, 6) is 0.0414. The van der Waals surface area contributed by atoms with Crippen molar-refractivity contribution in [1.29, 1.82) is 0 Å². The minimum absolute atomic E-state index is 0.104. The van der Waals surface area contributed by atoms with Gasteiger partial charge in [-0.3, -0.25) is 0 Å². The minimum Gasteiger partial charge on any atom is -0.506 e. The van der Waals surface area contributed by atoms with Gasteiger partial charge < -0.3 is 21.1 Å². The van der Waals surface area contributed by atoms with Gasteiger partial charge in [0.2, 0.25) is 0 Å². The Morgan fingerprint density at radius 1 is 1.36 bits per heavy atom. The predicted octanol–water partition coefficient (Wildman–Crippen LogP) is 0.299. The topological polar surface area (TPSA) is 86.7 Å². The maximum absolute atomic E-state index is 9.55. The van der Waals surface area contributed by atoms with E-state index in [-0.39, 0.29) is 17.2 Å². The summed E-state index contributed by atoms with van der Waals surface area (Å²) in [6.45, 7) is 0. The van der Waals surface area contributed by atoms with Crippen molar-refractivity contribution in [1.82, 2.24) is 0 Å². The molecule has 14 heavy (non-hydrogen) atoms. The molecule has 1 aromatic rings. The van der Waals surface area contributed by atoms with E-state index in [1.807, 2.05) is 0 Å². The lowest BCUT2D eigenvalue weighted by atomic mass is 10.0. The van der Waals surface area contributed by atoms with E-state index >= 15 is 0 Å². The fourth-order valence-electron chi connectivity index (χ4n) is 1.07. The molecule has 0 saturated heterocycles. The van der Waals surface area contributed by atoms with Gasteiger partial charge >= 0.3 is 0 Å². The van der Waals surface area contributed by atoms with E-state index in [0.29, 0.717) is 5.56 Å². The molecule has 0 aliphatic rings. The molecule has 0 aromatic heterocycles. The van der Waals surface area contributed by atoms with Gasteiger partial charge in [-0.05, 0) is 17.7 Å². The van der Waals surface area contributed by atoms with Crippen molar-refractivity contribution in [3.05, 3.63) is 23.8 Å². The molecule has 5 N–H and O–H groups in total. The molecule has 5 heteroatoms. The molecule has 1 aromatic carbocycles. The van der Waals surface area contributed by atoms with Crippen molar-refractivity contribution in [3.63, 3.8) is 0 Å². The highest BCUT2D eigenvalue weighted by Crippen LogP contribution is 2.26. The number of benzene rings is 1. The second kappa shape index (κ2) is 4.54. The van der Waals surface area contributed by atoms with Crippen LogP contribution in [0.4, 0.5) is 5.69 Å². The van der Waals surface area contributed by atoms with E-state index in [9.17, 15) is 15.3 Å². The van der Waals surface area contributed by atoms with Crippen LogP contribution in [0.5, 0.6) is 5.75 Å². The molecule has 0 radical (unpaired) electrons. The van der Waals surface area contributed by atoms with E-state index in [2.05, 4.69) is 12.6 Å². The summed E-state index contributed by atoms with van der Waals surface area (Å²) in [7, 11) is 0. The molecule has 78 valence electrons. The Morgan fingerprint density at radius 2 is 2.00 bits per heavy atom. The summed E-state index contributed by atoms with van der Waals surface area (Å²) in [6.07, 6.45) is -2.01. The fraction of sp³-hybridized carbons (Fsp3) is 0.333. The van der Waals surface area contributed by atoms with E-state index in [1.54, 1.807) is 6.07 Å². The first-order valence-electron chi connectivity index (χ1n) is 4.11. The number of aromatic hydroxyl groups is 1. The zero-order valence-electron chi connectivity index (χ0n) is 7.46. The third kappa shape index (κ3) is 2.31. The van der Waals surface area contributed by atoms with E-state index < -0.39 is 12.2 Å². The lowest BCUT2D eigenvalue weighted by Gasteiger charge is -2.16. The zero-order chi connectivity index (χ0) is 10.7. The standard InChI is InChI=1S/C9H13NO3S/c10-6-2-1-5(3-7(6)11)9(13)8(12)4-14/h1-3,8-9,11-14H,4,10H2.